The summed E-state index contributed by atoms with van der Waals surface area (Å²) >= 11 is 0. The molecule has 0 atom stereocenters. The first-order valence-electron chi connectivity index (χ1n) is 9.17. The Morgan fingerprint density at radius 2 is 1.41 bits per heavy atom. The van der Waals surface area contributed by atoms with Crippen molar-refractivity contribution in [3.63, 3.8) is 0 Å². The summed E-state index contributed by atoms with van der Waals surface area (Å²) in [6, 6.07) is 14.1. The van der Waals surface area contributed by atoms with Crippen LogP contribution in [0.25, 0.3) is 10.9 Å². The third-order valence-electron chi connectivity index (χ3n) is 5.08. The maximum Gasteiger partial charge on any atom is 0.417 e. The first-order valence-corrected chi connectivity index (χ1v) is 9.17. The number of halogens is 3. The number of para-hydroxylation sites is 1. The average Bonchev–Trinajstić information content (AvgIpc) is 3.16. The molecule has 3 aromatic rings. The van der Waals surface area contributed by atoms with E-state index in [4.69, 9.17) is 0 Å². The predicted octanol–water partition coefficient (Wildman–Crippen LogP) is 3.78. The number of hydrogen-bond donors (Lipinski definition) is 1. The molecule has 1 N–H and O–H groups in total. The van der Waals surface area contributed by atoms with Gasteiger partial charge in [0.1, 0.15) is 5.69 Å². The minimum absolute atomic E-state index is 0.178. The number of alkyl halides is 3. The van der Waals surface area contributed by atoms with Crippen LogP contribution in [0.3, 0.4) is 0 Å². The van der Waals surface area contributed by atoms with Gasteiger partial charge in [-0.2, -0.15) is 13.2 Å². The van der Waals surface area contributed by atoms with Crippen LogP contribution >= 0.6 is 0 Å². The number of aromatic nitrogens is 1. The second kappa shape index (κ2) is 7.27. The quantitative estimate of drug-likeness (QED) is 0.711. The number of aromatic amines is 1. The van der Waals surface area contributed by atoms with Crippen molar-refractivity contribution in [2.24, 2.45) is 0 Å². The van der Waals surface area contributed by atoms with Crippen LogP contribution in [0.2, 0.25) is 0 Å². The highest BCUT2D eigenvalue weighted by Crippen LogP contribution is 2.32. The van der Waals surface area contributed by atoms with Gasteiger partial charge in [-0.3, -0.25) is 9.59 Å². The van der Waals surface area contributed by atoms with E-state index in [0.29, 0.717) is 5.69 Å². The fourth-order valence-corrected chi connectivity index (χ4v) is 3.56. The van der Waals surface area contributed by atoms with Gasteiger partial charge >= 0.3 is 6.18 Å². The average molecular weight is 401 g/mol. The van der Waals surface area contributed by atoms with E-state index in [9.17, 15) is 22.8 Å². The van der Waals surface area contributed by atoms with E-state index in [1.54, 1.807) is 11.0 Å². The summed E-state index contributed by atoms with van der Waals surface area (Å²) < 4.78 is 39.6. The van der Waals surface area contributed by atoms with Gasteiger partial charge in [0.25, 0.3) is 11.8 Å². The summed E-state index contributed by atoms with van der Waals surface area (Å²) in [6.07, 6.45) is -4.60. The van der Waals surface area contributed by atoms with Gasteiger partial charge in [0.2, 0.25) is 0 Å². The largest absolute Gasteiger partial charge is 0.417 e. The SMILES string of the molecule is O=C(c1cc2ccccc2[nH]1)N1CCN(C(=O)c2ccccc2C(F)(F)F)CC1. The van der Waals surface area contributed by atoms with Gasteiger partial charge in [-0.05, 0) is 24.3 Å². The number of H-pyrrole nitrogens is 1. The van der Waals surface area contributed by atoms with Crippen LogP contribution in [0.15, 0.2) is 54.6 Å². The number of carbonyl (C=O) groups is 2. The number of carbonyl (C=O) groups excluding carboxylic acids is 2. The highest BCUT2D eigenvalue weighted by molar-refractivity contribution is 5.99. The number of fused-ring (bicyclic) bond motifs is 1. The zero-order valence-corrected chi connectivity index (χ0v) is 15.4. The van der Waals surface area contributed by atoms with Crippen molar-refractivity contribution in [3.8, 4) is 0 Å². The van der Waals surface area contributed by atoms with E-state index in [1.807, 2.05) is 24.3 Å². The fraction of sp³-hybridized carbons (Fsp3) is 0.238. The van der Waals surface area contributed by atoms with Gasteiger partial charge < -0.3 is 14.8 Å². The highest BCUT2D eigenvalue weighted by Gasteiger charge is 2.36. The van der Waals surface area contributed by atoms with Gasteiger partial charge in [0.05, 0.1) is 11.1 Å². The molecule has 0 unspecified atom stereocenters. The van der Waals surface area contributed by atoms with Crippen LogP contribution in [-0.2, 0) is 6.18 Å². The Labute approximate surface area is 164 Å². The molecule has 0 spiro atoms. The summed E-state index contributed by atoms with van der Waals surface area (Å²) in [4.78, 5) is 31.4. The van der Waals surface area contributed by atoms with Gasteiger partial charge in [0, 0.05) is 37.1 Å². The zero-order chi connectivity index (χ0) is 20.6. The Hall–Kier alpha value is -3.29. The van der Waals surface area contributed by atoms with E-state index >= 15 is 0 Å². The van der Waals surface area contributed by atoms with Crippen molar-refractivity contribution in [1.82, 2.24) is 14.8 Å². The van der Waals surface area contributed by atoms with Crippen molar-refractivity contribution >= 4 is 22.7 Å². The lowest BCUT2D eigenvalue weighted by Gasteiger charge is -2.35. The second-order valence-electron chi connectivity index (χ2n) is 6.90. The lowest BCUT2D eigenvalue weighted by molar-refractivity contribution is -0.138. The number of piperazine rings is 1. The van der Waals surface area contributed by atoms with Crippen LogP contribution in [0.4, 0.5) is 13.2 Å². The summed E-state index contributed by atoms with van der Waals surface area (Å²) in [5.74, 6) is -0.861. The topological polar surface area (TPSA) is 56.4 Å². The smallest absolute Gasteiger partial charge is 0.351 e. The third kappa shape index (κ3) is 3.70. The van der Waals surface area contributed by atoms with Gasteiger partial charge in [0.15, 0.2) is 0 Å². The molecule has 0 radical (unpaired) electrons. The Morgan fingerprint density at radius 1 is 0.828 bits per heavy atom. The zero-order valence-electron chi connectivity index (χ0n) is 15.4. The lowest BCUT2D eigenvalue weighted by atomic mass is 10.1. The molecule has 1 aliphatic heterocycles. The van der Waals surface area contributed by atoms with Crippen molar-refractivity contribution in [3.05, 3.63) is 71.4 Å². The molecule has 2 aromatic carbocycles. The number of benzene rings is 2. The summed E-state index contributed by atoms with van der Waals surface area (Å²) in [5, 5.41) is 0.924. The van der Waals surface area contributed by atoms with E-state index in [1.165, 1.54) is 23.1 Å². The molecule has 0 bridgehead atoms. The first kappa shape index (κ1) is 19.0. The molecular formula is C21H18F3N3O2. The molecule has 8 heteroatoms. The van der Waals surface area contributed by atoms with E-state index in [-0.39, 0.29) is 37.6 Å². The van der Waals surface area contributed by atoms with Crippen molar-refractivity contribution < 1.29 is 22.8 Å². The molecule has 4 rings (SSSR count). The van der Waals surface area contributed by atoms with Gasteiger partial charge in [-0.25, -0.2) is 0 Å². The van der Waals surface area contributed by atoms with Gasteiger partial charge in [-0.15, -0.1) is 0 Å². The van der Waals surface area contributed by atoms with Crippen LogP contribution < -0.4 is 0 Å². The predicted molar refractivity (Wildman–Crippen MR) is 102 cm³/mol. The monoisotopic (exact) mass is 401 g/mol. The lowest BCUT2D eigenvalue weighted by Crippen LogP contribution is -2.50. The molecule has 1 aliphatic rings. The standard InChI is InChI=1S/C21H18F3N3O2/c22-21(23,24)16-7-3-2-6-15(16)19(28)26-9-11-27(12-10-26)20(29)18-13-14-5-1-4-8-17(14)25-18/h1-8,13,25H,9-12H2. The summed E-state index contributed by atoms with van der Waals surface area (Å²) in [7, 11) is 0. The van der Waals surface area contributed by atoms with Crippen LogP contribution in [0.1, 0.15) is 26.4 Å². The molecule has 1 saturated heterocycles. The molecule has 0 aliphatic carbocycles. The van der Waals surface area contributed by atoms with E-state index in [2.05, 4.69) is 4.98 Å². The van der Waals surface area contributed by atoms with Crippen LogP contribution in [-0.4, -0.2) is 52.8 Å². The Kier molecular flexibility index (Phi) is 4.77. The molecule has 2 amide bonds. The van der Waals surface area contributed by atoms with Crippen molar-refractivity contribution in [2.45, 2.75) is 6.18 Å². The minimum Gasteiger partial charge on any atom is -0.351 e. The van der Waals surface area contributed by atoms with Crippen LogP contribution in [0, 0.1) is 0 Å². The fourth-order valence-electron chi connectivity index (χ4n) is 3.56. The highest BCUT2D eigenvalue weighted by atomic mass is 19.4. The Bertz CT molecular complexity index is 1030. The van der Waals surface area contributed by atoms with Crippen LogP contribution in [0.5, 0.6) is 0 Å². The second-order valence-corrected chi connectivity index (χ2v) is 6.90. The first-order chi connectivity index (χ1) is 13.8. The normalized spacial score (nSPS) is 15.0. The maximum atomic E-state index is 13.2. The van der Waals surface area contributed by atoms with Crippen molar-refractivity contribution in [1.29, 1.82) is 0 Å². The molecule has 1 fully saturated rings. The maximum absolute atomic E-state index is 13.2. The number of nitrogens with one attached hydrogen (secondary N) is 1. The Balaban J connectivity index is 1.46. The summed E-state index contributed by atoms with van der Waals surface area (Å²) in [6.45, 7) is 0.871. The third-order valence-corrected chi connectivity index (χ3v) is 5.08. The molecule has 2 heterocycles. The Morgan fingerprint density at radius 3 is 2.07 bits per heavy atom. The van der Waals surface area contributed by atoms with Crippen molar-refractivity contribution in [2.75, 3.05) is 26.2 Å². The van der Waals surface area contributed by atoms with Gasteiger partial charge in [-0.1, -0.05) is 30.3 Å². The number of hydrogen-bond acceptors (Lipinski definition) is 2. The number of rotatable bonds is 2. The molecule has 5 nitrogen and oxygen atoms in total. The molecule has 29 heavy (non-hydrogen) atoms. The molecule has 0 saturated carbocycles. The molecule has 1 aromatic heterocycles. The van der Waals surface area contributed by atoms with E-state index in [0.717, 1.165) is 17.0 Å². The summed E-state index contributed by atoms with van der Waals surface area (Å²) in [5.41, 5.74) is -0.00112. The molecule has 150 valence electrons. The van der Waals surface area contributed by atoms with E-state index < -0.39 is 17.6 Å². The number of amides is 2. The number of nitrogens with zero attached hydrogens (tertiary/aromatic N) is 2. The minimum atomic E-state index is -4.60. The molecular weight excluding hydrogens is 383 g/mol.